The van der Waals surface area contributed by atoms with Crippen molar-refractivity contribution in [1.82, 2.24) is 19.9 Å². The van der Waals surface area contributed by atoms with Crippen LogP contribution >= 0.6 is 24.0 Å². The Bertz CT molecular complexity index is 612. The number of halogens is 2. The van der Waals surface area contributed by atoms with Gasteiger partial charge in [0.05, 0.1) is 6.20 Å². The van der Waals surface area contributed by atoms with Gasteiger partial charge in [-0.25, -0.2) is 15.0 Å². The van der Waals surface area contributed by atoms with Gasteiger partial charge in [0, 0.05) is 29.6 Å². The van der Waals surface area contributed by atoms with Crippen LogP contribution in [0.5, 0.6) is 5.75 Å². The molecule has 7 heteroatoms. The first-order chi connectivity index (χ1) is 10.2. The molecule has 0 aromatic carbocycles. The van der Waals surface area contributed by atoms with Crippen molar-refractivity contribution in [2.75, 3.05) is 20.2 Å². The molecule has 1 fully saturated rings. The highest BCUT2D eigenvalue weighted by molar-refractivity contribution is 6.32. The van der Waals surface area contributed by atoms with Crippen molar-refractivity contribution < 1.29 is 4.74 Å². The molecule has 0 amide bonds. The van der Waals surface area contributed by atoms with E-state index in [-0.39, 0.29) is 12.4 Å². The minimum atomic E-state index is 0. The van der Waals surface area contributed by atoms with Crippen LogP contribution in [0.3, 0.4) is 0 Å². The van der Waals surface area contributed by atoms with E-state index >= 15 is 0 Å². The number of ether oxygens (including phenoxy) is 1. The van der Waals surface area contributed by atoms with Gasteiger partial charge in [-0.15, -0.1) is 12.4 Å². The molecule has 1 saturated heterocycles. The molecule has 0 spiro atoms. The summed E-state index contributed by atoms with van der Waals surface area (Å²) in [6.07, 6.45) is 8.98. The molecule has 0 unspecified atom stereocenters. The zero-order valence-electron chi connectivity index (χ0n) is 12.3. The SMILES string of the molecule is CN1CCC[C@H]1COc1cnc(Cl)c(-c2cncnc2)c1.Cl. The zero-order chi connectivity index (χ0) is 14.7. The van der Waals surface area contributed by atoms with E-state index in [1.807, 2.05) is 6.07 Å². The van der Waals surface area contributed by atoms with E-state index in [1.165, 1.54) is 19.2 Å². The van der Waals surface area contributed by atoms with E-state index < -0.39 is 0 Å². The second-order valence-electron chi connectivity index (χ2n) is 5.22. The van der Waals surface area contributed by atoms with E-state index in [4.69, 9.17) is 16.3 Å². The lowest BCUT2D eigenvalue weighted by Crippen LogP contribution is -2.30. The molecular weight excluding hydrogens is 323 g/mol. The van der Waals surface area contributed by atoms with Gasteiger partial charge < -0.3 is 9.64 Å². The third-order valence-corrected chi connectivity index (χ3v) is 4.10. The van der Waals surface area contributed by atoms with Gasteiger partial charge in [-0.1, -0.05) is 11.6 Å². The molecule has 0 radical (unpaired) electrons. The molecule has 22 heavy (non-hydrogen) atoms. The fourth-order valence-electron chi connectivity index (χ4n) is 2.53. The van der Waals surface area contributed by atoms with Crippen LogP contribution in [-0.2, 0) is 0 Å². The van der Waals surface area contributed by atoms with E-state index in [2.05, 4.69) is 26.9 Å². The van der Waals surface area contributed by atoms with Gasteiger partial charge in [-0.2, -0.15) is 0 Å². The molecule has 1 aliphatic rings. The Labute approximate surface area is 141 Å². The maximum Gasteiger partial charge on any atom is 0.138 e. The minimum absolute atomic E-state index is 0. The number of likely N-dealkylation sites (tertiary alicyclic amines) is 1. The van der Waals surface area contributed by atoms with Crippen molar-refractivity contribution in [2.45, 2.75) is 18.9 Å². The van der Waals surface area contributed by atoms with Crippen LogP contribution in [0.1, 0.15) is 12.8 Å². The summed E-state index contributed by atoms with van der Waals surface area (Å²) in [5.74, 6) is 0.721. The molecule has 5 nitrogen and oxygen atoms in total. The van der Waals surface area contributed by atoms with Crippen molar-refractivity contribution in [3.05, 3.63) is 36.1 Å². The lowest BCUT2D eigenvalue weighted by atomic mass is 10.1. The molecule has 0 saturated carbocycles. The summed E-state index contributed by atoms with van der Waals surface area (Å²) >= 11 is 6.15. The average Bonchev–Trinajstić information content (AvgIpc) is 2.93. The van der Waals surface area contributed by atoms with Crippen molar-refractivity contribution in [1.29, 1.82) is 0 Å². The topological polar surface area (TPSA) is 51.1 Å². The number of hydrogen-bond donors (Lipinski definition) is 0. The van der Waals surface area contributed by atoms with Gasteiger partial charge in [-0.3, -0.25) is 0 Å². The summed E-state index contributed by atoms with van der Waals surface area (Å²) in [7, 11) is 2.13. The zero-order valence-corrected chi connectivity index (χ0v) is 13.8. The third kappa shape index (κ3) is 3.85. The molecule has 1 atom stereocenters. The van der Waals surface area contributed by atoms with Gasteiger partial charge in [0.25, 0.3) is 0 Å². The lowest BCUT2D eigenvalue weighted by Gasteiger charge is -2.19. The summed E-state index contributed by atoms with van der Waals surface area (Å²) in [5.41, 5.74) is 1.62. The summed E-state index contributed by atoms with van der Waals surface area (Å²) in [4.78, 5) is 14.5. The van der Waals surface area contributed by atoms with E-state index in [0.717, 1.165) is 23.4 Å². The summed E-state index contributed by atoms with van der Waals surface area (Å²) in [5, 5.41) is 0.426. The second kappa shape index (κ2) is 7.72. The fraction of sp³-hybridized carbons (Fsp3) is 0.400. The molecule has 0 bridgehead atoms. The Morgan fingerprint density at radius 3 is 2.77 bits per heavy atom. The van der Waals surface area contributed by atoms with Crippen LogP contribution in [-0.4, -0.2) is 46.1 Å². The van der Waals surface area contributed by atoms with Gasteiger partial charge >= 0.3 is 0 Å². The van der Waals surface area contributed by atoms with Gasteiger partial charge in [0.15, 0.2) is 0 Å². The van der Waals surface area contributed by atoms with Crippen LogP contribution < -0.4 is 4.74 Å². The van der Waals surface area contributed by atoms with Crippen LogP contribution in [0.4, 0.5) is 0 Å². The number of hydrogen-bond acceptors (Lipinski definition) is 5. The Hall–Kier alpha value is -1.43. The minimum Gasteiger partial charge on any atom is -0.490 e. The predicted octanol–water partition coefficient (Wildman–Crippen LogP) is 3.09. The number of rotatable bonds is 4. The quantitative estimate of drug-likeness (QED) is 0.800. The lowest BCUT2D eigenvalue weighted by molar-refractivity contribution is 0.198. The maximum atomic E-state index is 6.15. The number of aromatic nitrogens is 3. The van der Waals surface area contributed by atoms with Gasteiger partial charge in [0.1, 0.15) is 23.8 Å². The van der Waals surface area contributed by atoms with E-state index in [9.17, 15) is 0 Å². The first-order valence-corrected chi connectivity index (χ1v) is 7.36. The molecule has 3 rings (SSSR count). The fourth-order valence-corrected chi connectivity index (χ4v) is 2.74. The van der Waals surface area contributed by atoms with Crippen LogP contribution in [0.15, 0.2) is 31.0 Å². The Morgan fingerprint density at radius 2 is 2.09 bits per heavy atom. The largest absolute Gasteiger partial charge is 0.490 e. The predicted molar refractivity (Wildman–Crippen MR) is 88.7 cm³/mol. The van der Waals surface area contributed by atoms with Crippen molar-refractivity contribution in [2.24, 2.45) is 0 Å². The van der Waals surface area contributed by atoms with Crippen molar-refractivity contribution >= 4 is 24.0 Å². The smallest absolute Gasteiger partial charge is 0.138 e. The third-order valence-electron chi connectivity index (χ3n) is 3.80. The summed E-state index contributed by atoms with van der Waals surface area (Å²) < 4.78 is 5.87. The van der Waals surface area contributed by atoms with Crippen LogP contribution in [0.25, 0.3) is 11.1 Å². The van der Waals surface area contributed by atoms with E-state index in [1.54, 1.807) is 18.6 Å². The molecule has 1 aliphatic heterocycles. The van der Waals surface area contributed by atoms with Gasteiger partial charge in [-0.05, 0) is 32.5 Å². The molecular formula is C15H18Cl2N4O. The molecule has 3 heterocycles. The summed E-state index contributed by atoms with van der Waals surface area (Å²) in [6.45, 7) is 1.81. The Balaban J connectivity index is 0.00000176. The first-order valence-electron chi connectivity index (χ1n) is 6.98. The molecule has 0 N–H and O–H groups in total. The van der Waals surface area contributed by atoms with Crippen molar-refractivity contribution in [3.63, 3.8) is 0 Å². The highest BCUT2D eigenvalue weighted by Crippen LogP contribution is 2.29. The van der Waals surface area contributed by atoms with Crippen molar-refractivity contribution in [3.8, 4) is 16.9 Å². The molecule has 0 aliphatic carbocycles. The normalized spacial score (nSPS) is 18.0. The average molecular weight is 341 g/mol. The molecule has 118 valence electrons. The van der Waals surface area contributed by atoms with Crippen LogP contribution in [0, 0.1) is 0 Å². The summed E-state index contributed by atoms with van der Waals surface area (Å²) in [6, 6.07) is 2.37. The monoisotopic (exact) mass is 340 g/mol. The molecule has 2 aromatic rings. The first kappa shape index (κ1) is 16.9. The number of pyridine rings is 1. The standard InChI is InChI=1S/C15H17ClN4O.ClH/c1-20-4-2-3-12(20)9-21-13-5-14(15(16)19-8-13)11-6-17-10-18-7-11;/h5-8,10,12H,2-4,9H2,1H3;1H/t12-;/m0./s1. The highest BCUT2D eigenvalue weighted by Gasteiger charge is 2.21. The Kier molecular flexibility index (Phi) is 5.94. The van der Waals surface area contributed by atoms with Gasteiger partial charge in [0.2, 0.25) is 0 Å². The maximum absolute atomic E-state index is 6.15. The molecule has 2 aromatic heterocycles. The Morgan fingerprint density at radius 1 is 1.32 bits per heavy atom. The number of likely N-dealkylation sites (N-methyl/N-ethyl adjacent to an activating group) is 1. The van der Waals surface area contributed by atoms with E-state index in [0.29, 0.717) is 17.8 Å². The highest BCUT2D eigenvalue weighted by atomic mass is 35.5. The van der Waals surface area contributed by atoms with Crippen LogP contribution in [0.2, 0.25) is 5.15 Å². The number of nitrogens with zero attached hydrogens (tertiary/aromatic N) is 4. The second-order valence-corrected chi connectivity index (χ2v) is 5.58.